The minimum absolute atomic E-state index is 0.378. The van der Waals surface area contributed by atoms with Crippen LogP contribution in [0.5, 0.6) is 0 Å². The lowest BCUT2D eigenvalue weighted by Crippen LogP contribution is -2.26. The number of para-hydroxylation sites is 1. The van der Waals surface area contributed by atoms with Crippen LogP contribution >= 0.6 is 23.1 Å². The zero-order valence-corrected chi connectivity index (χ0v) is 11.5. The van der Waals surface area contributed by atoms with Crippen molar-refractivity contribution < 1.29 is 14.6 Å². The van der Waals surface area contributed by atoms with Gasteiger partial charge < -0.3 is 9.84 Å². The van der Waals surface area contributed by atoms with Crippen LogP contribution in [0.15, 0.2) is 28.6 Å². The predicted molar refractivity (Wildman–Crippen MR) is 73.4 cm³/mol. The Morgan fingerprint density at radius 1 is 1.56 bits per heavy atom. The van der Waals surface area contributed by atoms with E-state index < -0.39 is 12.1 Å². The van der Waals surface area contributed by atoms with Crippen LogP contribution in [-0.2, 0) is 9.53 Å². The van der Waals surface area contributed by atoms with E-state index in [4.69, 9.17) is 9.84 Å². The van der Waals surface area contributed by atoms with E-state index in [1.54, 1.807) is 18.3 Å². The number of nitrogens with zero attached hydrogens (tertiary/aromatic N) is 1. The first-order valence-corrected chi connectivity index (χ1v) is 7.33. The Bertz CT molecular complexity index is 508. The number of carboxylic acid groups (broad SMARTS) is 1. The minimum atomic E-state index is -0.925. The van der Waals surface area contributed by atoms with E-state index in [0.717, 1.165) is 14.6 Å². The van der Waals surface area contributed by atoms with Crippen LogP contribution in [0.4, 0.5) is 0 Å². The lowest BCUT2D eigenvalue weighted by atomic mass is 10.3. The molecule has 1 unspecified atom stereocenters. The molecule has 1 aromatic carbocycles. The Morgan fingerprint density at radius 3 is 3.00 bits per heavy atom. The number of thiazole rings is 1. The zero-order valence-electron chi connectivity index (χ0n) is 9.83. The van der Waals surface area contributed by atoms with Crippen molar-refractivity contribution in [3.05, 3.63) is 24.3 Å². The van der Waals surface area contributed by atoms with E-state index in [0.29, 0.717) is 12.4 Å². The number of ether oxygens (including phenoxy) is 1. The normalized spacial score (nSPS) is 12.7. The van der Waals surface area contributed by atoms with E-state index in [1.165, 1.54) is 11.8 Å². The highest BCUT2D eigenvalue weighted by molar-refractivity contribution is 8.01. The summed E-state index contributed by atoms with van der Waals surface area (Å²) in [6, 6.07) is 7.87. The highest BCUT2D eigenvalue weighted by atomic mass is 32.2. The first-order valence-electron chi connectivity index (χ1n) is 5.53. The first kappa shape index (κ1) is 13.3. The minimum Gasteiger partial charge on any atom is -0.479 e. The van der Waals surface area contributed by atoms with Crippen LogP contribution in [0.25, 0.3) is 10.2 Å². The summed E-state index contributed by atoms with van der Waals surface area (Å²) in [6.45, 7) is 2.19. The summed E-state index contributed by atoms with van der Waals surface area (Å²) in [5.74, 6) is -0.548. The molecule has 0 aliphatic carbocycles. The number of fused-ring (bicyclic) bond motifs is 1. The third-order valence-corrected chi connectivity index (χ3v) is 4.52. The summed E-state index contributed by atoms with van der Waals surface area (Å²) in [5.41, 5.74) is 0.952. The molecule has 0 aliphatic heterocycles. The molecule has 1 atom stereocenters. The van der Waals surface area contributed by atoms with Crippen LogP contribution in [0.1, 0.15) is 6.92 Å². The fraction of sp³-hybridized carbons (Fsp3) is 0.333. The molecular weight excluding hydrogens is 270 g/mol. The molecule has 2 rings (SSSR count). The average molecular weight is 283 g/mol. The molecule has 0 fully saturated rings. The largest absolute Gasteiger partial charge is 0.479 e. The number of thioether (sulfide) groups is 1. The number of hydrogen-bond acceptors (Lipinski definition) is 5. The first-order chi connectivity index (χ1) is 8.70. The van der Waals surface area contributed by atoms with Crippen molar-refractivity contribution in [1.82, 2.24) is 4.98 Å². The van der Waals surface area contributed by atoms with Gasteiger partial charge in [0, 0.05) is 12.4 Å². The quantitative estimate of drug-likeness (QED) is 0.826. The van der Waals surface area contributed by atoms with Crippen molar-refractivity contribution in [3.63, 3.8) is 0 Å². The molecule has 2 aromatic rings. The van der Waals surface area contributed by atoms with Crippen LogP contribution in [-0.4, -0.2) is 34.5 Å². The fourth-order valence-electron chi connectivity index (χ4n) is 1.45. The van der Waals surface area contributed by atoms with E-state index in [-0.39, 0.29) is 0 Å². The van der Waals surface area contributed by atoms with Gasteiger partial charge in [0.25, 0.3) is 0 Å². The maximum atomic E-state index is 10.9. The van der Waals surface area contributed by atoms with Crippen molar-refractivity contribution in [3.8, 4) is 0 Å². The number of benzene rings is 1. The number of carboxylic acids is 1. The van der Waals surface area contributed by atoms with Crippen molar-refractivity contribution in [2.75, 3.05) is 12.4 Å². The molecule has 18 heavy (non-hydrogen) atoms. The summed E-state index contributed by atoms with van der Waals surface area (Å²) in [6.07, 6.45) is -0.771. The number of hydrogen-bond donors (Lipinski definition) is 1. The van der Waals surface area contributed by atoms with Crippen LogP contribution < -0.4 is 0 Å². The Morgan fingerprint density at radius 2 is 2.33 bits per heavy atom. The standard InChI is InChI=1S/C12H13NO3S2/c1-2-16-9(11(14)15)7-17-12-13-8-5-3-4-6-10(8)18-12/h3-6,9H,2,7H2,1H3,(H,14,15). The Hall–Kier alpha value is -1.11. The maximum Gasteiger partial charge on any atom is 0.333 e. The third-order valence-electron chi connectivity index (χ3n) is 2.28. The van der Waals surface area contributed by atoms with Crippen LogP contribution in [0.2, 0.25) is 0 Å². The second-order valence-corrected chi connectivity index (χ2v) is 5.84. The molecule has 6 heteroatoms. The van der Waals surface area contributed by atoms with Crippen molar-refractivity contribution in [2.45, 2.75) is 17.4 Å². The lowest BCUT2D eigenvalue weighted by Gasteiger charge is -2.10. The Kier molecular flexibility index (Phi) is 4.57. The van der Waals surface area contributed by atoms with Gasteiger partial charge >= 0.3 is 5.97 Å². The van der Waals surface area contributed by atoms with Crippen LogP contribution in [0.3, 0.4) is 0 Å². The van der Waals surface area contributed by atoms with E-state index in [9.17, 15) is 4.79 Å². The van der Waals surface area contributed by atoms with Gasteiger partial charge in [0.2, 0.25) is 0 Å². The molecule has 0 bridgehead atoms. The fourth-order valence-corrected chi connectivity index (χ4v) is 3.55. The highest BCUT2D eigenvalue weighted by Gasteiger charge is 2.18. The van der Waals surface area contributed by atoms with Crippen molar-refractivity contribution >= 4 is 39.3 Å². The predicted octanol–water partition coefficient (Wildman–Crippen LogP) is 2.88. The maximum absolute atomic E-state index is 10.9. The van der Waals surface area contributed by atoms with Crippen LogP contribution in [0, 0.1) is 0 Å². The van der Waals surface area contributed by atoms with E-state index in [1.807, 2.05) is 24.3 Å². The second kappa shape index (κ2) is 6.17. The van der Waals surface area contributed by atoms with E-state index >= 15 is 0 Å². The summed E-state index contributed by atoms with van der Waals surface area (Å²) in [7, 11) is 0. The second-order valence-electron chi connectivity index (χ2n) is 3.54. The van der Waals surface area contributed by atoms with E-state index in [2.05, 4.69) is 4.98 Å². The zero-order chi connectivity index (χ0) is 13.0. The third kappa shape index (κ3) is 3.22. The van der Waals surface area contributed by atoms with Gasteiger partial charge in [0.15, 0.2) is 10.4 Å². The molecule has 0 radical (unpaired) electrons. The van der Waals surface area contributed by atoms with Gasteiger partial charge in [-0.05, 0) is 19.1 Å². The van der Waals surface area contributed by atoms with Gasteiger partial charge in [-0.3, -0.25) is 0 Å². The average Bonchev–Trinajstić information content (AvgIpc) is 2.76. The molecule has 4 nitrogen and oxygen atoms in total. The molecule has 1 aromatic heterocycles. The summed E-state index contributed by atoms with van der Waals surface area (Å²) < 4.78 is 7.15. The Labute approximate surface area is 113 Å². The topological polar surface area (TPSA) is 59.4 Å². The number of aliphatic carboxylic acids is 1. The van der Waals surface area contributed by atoms with Crippen molar-refractivity contribution in [1.29, 1.82) is 0 Å². The molecule has 1 heterocycles. The molecule has 0 aliphatic rings. The number of rotatable bonds is 6. The summed E-state index contributed by atoms with van der Waals surface area (Å²) in [5, 5.41) is 8.97. The van der Waals surface area contributed by atoms with Gasteiger partial charge in [-0.1, -0.05) is 23.9 Å². The van der Waals surface area contributed by atoms with Gasteiger partial charge in [-0.2, -0.15) is 0 Å². The van der Waals surface area contributed by atoms with Crippen molar-refractivity contribution in [2.24, 2.45) is 0 Å². The number of aromatic nitrogens is 1. The molecule has 0 amide bonds. The summed E-state index contributed by atoms with van der Waals surface area (Å²) >= 11 is 3.00. The van der Waals surface area contributed by atoms with Gasteiger partial charge in [-0.15, -0.1) is 11.3 Å². The molecule has 0 saturated carbocycles. The van der Waals surface area contributed by atoms with Gasteiger partial charge in [-0.25, -0.2) is 9.78 Å². The SMILES string of the molecule is CCOC(CSc1nc2ccccc2s1)C(=O)O. The summed E-state index contributed by atoms with van der Waals surface area (Å²) in [4.78, 5) is 15.4. The Balaban J connectivity index is 2.02. The molecule has 1 N–H and O–H groups in total. The van der Waals surface area contributed by atoms with Gasteiger partial charge in [0.1, 0.15) is 0 Å². The monoisotopic (exact) mass is 283 g/mol. The lowest BCUT2D eigenvalue weighted by molar-refractivity contribution is -0.148. The smallest absolute Gasteiger partial charge is 0.333 e. The molecular formula is C12H13NO3S2. The molecule has 0 spiro atoms. The molecule has 96 valence electrons. The van der Waals surface area contributed by atoms with Gasteiger partial charge in [0.05, 0.1) is 10.2 Å². The molecule has 0 saturated heterocycles. The highest BCUT2D eigenvalue weighted by Crippen LogP contribution is 2.29. The number of carbonyl (C=O) groups is 1.